The Balaban J connectivity index is 2.28. The van der Waals surface area contributed by atoms with Crippen LogP contribution in [-0.2, 0) is 19.1 Å². The molecule has 3 nitrogen and oxygen atoms in total. The van der Waals surface area contributed by atoms with Crippen molar-refractivity contribution < 1.29 is 13.2 Å². The maximum atomic E-state index is 13.0. The third kappa shape index (κ3) is 3.01. The second-order valence-corrected chi connectivity index (χ2v) is 4.53. The Bertz CT molecular complexity index is 575. The lowest BCUT2D eigenvalue weighted by atomic mass is 9.98. The average Bonchev–Trinajstić information content (AvgIpc) is 2.85. The molecule has 0 amide bonds. The summed E-state index contributed by atoms with van der Waals surface area (Å²) in [5.41, 5.74) is 5.38. The average molecular weight is 283 g/mol. The molecule has 0 saturated carbocycles. The molecule has 20 heavy (non-hydrogen) atoms. The van der Waals surface area contributed by atoms with Gasteiger partial charge in [-0.2, -0.15) is 13.2 Å². The Morgan fingerprint density at radius 2 is 2.00 bits per heavy atom. The highest BCUT2D eigenvalue weighted by Gasteiger charge is 2.34. The van der Waals surface area contributed by atoms with Crippen molar-refractivity contribution in [3.63, 3.8) is 0 Å². The van der Waals surface area contributed by atoms with Gasteiger partial charge in [0.2, 0.25) is 0 Å². The topological polar surface area (TPSA) is 43.8 Å². The van der Waals surface area contributed by atoms with Gasteiger partial charge in [-0.3, -0.25) is 0 Å². The number of rotatable bonds is 4. The van der Waals surface area contributed by atoms with Crippen LogP contribution in [0.2, 0.25) is 0 Å². The molecule has 1 aromatic heterocycles. The van der Waals surface area contributed by atoms with E-state index >= 15 is 0 Å². The third-order valence-electron chi connectivity index (χ3n) is 3.21. The van der Waals surface area contributed by atoms with Gasteiger partial charge >= 0.3 is 6.18 Å². The van der Waals surface area contributed by atoms with E-state index in [1.54, 1.807) is 18.5 Å². The number of hydrogen-bond donors (Lipinski definition) is 1. The van der Waals surface area contributed by atoms with Gasteiger partial charge in [0.1, 0.15) is 5.82 Å². The van der Waals surface area contributed by atoms with E-state index in [9.17, 15) is 13.2 Å². The van der Waals surface area contributed by atoms with Gasteiger partial charge in [0.15, 0.2) is 0 Å². The number of aryl methyl sites for hydroxylation is 1. The lowest BCUT2D eigenvalue weighted by molar-refractivity contribution is -0.138. The summed E-state index contributed by atoms with van der Waals surface area (Å²) in [7, 11) is 0. The molecule has 0 aliphatic carbocycles. The predicted octanol–water partition coefficient (Wildman–Crippen LogP) is 3.16. The fraction of sp³-hybridized carbons (Fsp3) is 0.357. The Labute approximate surface area is 115 Å². The van der Waals surface area contributed by atoms with Crippen LogP contribution in [0.25, 0.3) is 0 Å². The van der Waals surface area contributed by atoms with Crippen LogP contribution in [0.1, 0.15) is 29.9 Å². The zero-order valence-corrected chi connectivity index (χ0v) is 11.1. The number of benzene rings is 1. The highest BCUT2D eigenvalue weighted by molar-refractivity contribution is 5.32. The van der Waals surface area contributed by atoms with Crippen molar-refractivity contribution in [3.8, 4) is 0 Å². The molecule has 0 radical (unpaired) electrons. The summed E-state index contributed by atoms with van der Waals surface area (Å²) < 4.78 is 40.7. The van der Waals surface area contributed by atoms with Gasteiger partial charge in [-0.15, -0.1) is 0 Å². The monoisotopic (exact) mass is 283 g/mol. The van der Waals surface area contributed by atoms with Gasteiger partial charge < -0.3 is 10.3 Å². The predicted molar refractivity (Wildman–Crippen MR) is 70.0 cm³/mol. The zero-order chi connectivity index (χ0) is 14.8. The largest absolute Gasteiger partial charge is 0.416 e. The van der Waals surface area contributed by atoms with Crippen molar-refractivity contribution in [3.05, 3.63) is 53.6 Å². The number of alkyl halides is 3. The maximum absolute atomic E-state index is 13.0. The summed E-state index contributed by atoms with van der Waals surface area (Å²) in [6.45, 7) is 2.66. The van der Waals surface area contributed by atoms with E-state index in [1.807, 2.05) is 11.5 Å². The molecule has 0 spiro atoms. The van der Waals surface area contributed by atoms with Gasteiger partial charge in [0.05, 0.1) is 5.56 Å². The number of aromatic nitrogens is 2. The van der Waals surface area contributed by atoms with E-state index in [0.717, 1.165) is 6.07 Å². The molecule has 1 atom stereocenters. The summed E-state index contributed by atoms with van der Waals surface area (Å²) in [6, 6.07) is 4.68. The van der Waals surface area contributed by atoms with E-state index < -0.39 is 17.8 Å². The molecule has 0 fully saturated rings. The molecule has 0 aliphatic rings. The van der Waals surface area contributed by atoms with Crippen LogP contribution in [0.15, 0.2) is 36.7 Å². The van der Waals surface area contributed by atoms with Crippen molar-refractivity contribution in [2.75, 3.05) is 0 Å². The molecule has 1 aromatic carbocycles. The SMILES string of the molecule is CCn1ccnc1CC(N)c1ccccc1C(F)(F)F. The highest BCUT2D eigenvalue weighted by Crippen LogP contribution is 2.34. The van der Waals surface area contributed by atoms with Crippen molar-refractivity contribution in [1.29, 1.82) is 0 Å². The first-order chi connectivity index (χ1) is 9.43. The fourth-order valence-electron chi connectivity index (χ4n) is 2.20. The van der Waals surface area contributed by atoms with Crippen LogP contribution in [0.5, 0.6) is 0 Å². The molecule has 0 aliphatic heterocycles. The molecule has 2 rings (SSSR count). The summed E-state index contributed by atoms with van der Waals surface area (Å²) in [4.78, 5) is 4.15. The van der Waals surface area contributed by atoms with Gasteiger partial charge in [0.25, 0.3) is 0 Å². The molecule has 1 unspecified atom stereocenters. The van der Waals surface area contributed by atoms with Gasteiger partial charge in [-0.1, -0.05) is 18.2 Å². The molecule has 2 N–H and O–H groups in total. The zero-order valence-electron chi connectivity index (χ0n) is 11.1. The Hall–Kier alpha value is -1.82. The minimum Gasteiger partial charge on any atom is -0.335 e. The lowest BCUT2D eigenvalue weighted by Crippen LogP contribution is -2.20. The smallest absolute Gasteiger partial charge is 0.335 e. The van der Waals surface area contributed by atoms with Gasteiger partial charge in [0, 0.05) is 31.4 Å². The Kier molecular flexibility index (Phi) is 4.13. The quantitative estimate of drug-likeness (QED) is 0.936. The van der Waals surface area contributed by atoms with Crippen LogP contribution < -0.4 is 5.73 Å². The van der Waals surface area contributed by atoms with Crippen LogP contribution in [0, 0.1) is 0 Å². The van der Waals surface area contributed by atoms with E-state index in [-0.39, 0.29) is 12.0 Å². The minimum absolute atomic E-state index is 0.102. The van der Waals surface area contributed by atoms with E-state index in [1.165, 1.54) is 12.1 Å². The Morgan fingerprint density at radius 1 is 1.30 bits per heavy atom. The van der Waals surface area contributed by atoms with Gasteiger partial charge in [-0.25, -0.2) is 4.98 Å². The molecule has 108 valence electrons. The molecular formula is C14H16F3N3. The molecule has 0 bridgehead atoms. The highest BCUT2D eigenvalue weighted by atomic mass is 19.4. The van der Waals surface area contributed by atoms with Crippen molar-refractivity contribution in [2.24, 2.45) is 5.73 Å². The van der Waals surface area contributed by atoms with Crippen LogP contribution in [-0.4, -0.2) is 9.55 Å². The van der Waals surface area contributed by atoms with E-state index in [2.05, 4.69) is 4.98 Å². The number of hydrogen-bond acceptors (Lipinski definition) is 2. The fourth-order valence-corrected chi connectivity index (χ4v) is 2.20. The first-order valence-electron chi connectivity index (χ1n) is 6.35. The first kappa shape index (κ1) is 14.6. The molecule has 0 saturated heterocycles. The minimum atomic E-state index is -4.39. The molecular weight excluding hydrogens is 267 g/mol. The number of nitrogens with zero attached hydrogens (tertiary/aromatic N) is 2. The number of nitrogens with two attached hydrogens (primary N) is 1. The molecule has 6 heteroatoms. The summed E-state index contributed by atoms with van der Waals surface area (Å²) >= 11 is 0. The van der Waals surface area contributed by atoms with E-state index in [4.69, 9.17) is 5.73 Å². The molecule has 2 aromatic rings. The standard InChI is InChI=1S/C14H16F3N3/c1-2-20-8-7-19-13(20)9-12(18)10-5-3-4-6-11(10)14(15,16)17/h3-8,12H,2,9,18H2,1H3. The Morgan fingerprint density at radius 3 is 2.65 bits per heavy atom. The van der Waals surface area contributed by atoms with Crippen molar-refractivity contribution in [2.45, 2.75) is 32.1 Å². The summed E-state index contributed by atoms with van der Waals surface area (Å²) in [5.74, 6) is 0.692. The summed E-state index contributed by atoms with van der Waals surface area (Å²) in [6.07, 6.45) is -0.707. The van der Waals surface area contributed by atoms with Crippen molar-refractivity contribution >= 4 is 0 Å². The second-order valence-electron chi connectivity index (χ2n) is 4.53. The summed E-state index contributed by atoms with van der Waals surface area (Å²) in [5, 5.41) is 0. The van der Waals surface area contributed by atoms with Crippen LogP contribution in [0.4, 0.5) is 13.2 Å². The van der Waals surface area contributed by atoms with Crippen LogP contribution >= 0.6 is 0 Å². The first-order valence-corrected chi connectivity index (χ1v) is 6.35. The number of halogens is 3. The normalized spacial score (nSPS) is 13.4. The lowest BCUT2D eigenvalue weighted by Gasteiger charge is -2.18. The van der Waals surface area contributed by atoms with Crippen molar-refractivity contribution in [1.82, 2.24) is 9.55 Å². The number of imidazole rings is 1. The van der Waals surface area contributed by atoms with E-state index in [0.29, 0.717) is 12.4 Å². The molecule has 1 heterocycles. The maximum Gasteiger partial charge on any atom is 0.416 e. The second kappa shape index (κ2) is 5.66. The van der Waals surface area contributed by atoms with Crippen LogP contribution in [0.3, 0.4) is 0 Å². The third-order valence-corrected chi connectivity index (χ3v) is 3.21. The van der Waals surface area contributed by atoms with Gasteiger partial charge in [-0.05, 0) is 18.6 Å².